The number of rotatable bonds is 5. The Morgan fingerprint density at radius 2 is 2.16 bits per heavy atom. The van der Waals surface area contributed by atoms with Gasteiger partial charge in [-0.3, -0.25) is 0 Å². The molecule has 4 nitrogen and oxygen atoms in total. The Morgan fingerprint density at radius 3 is 2.92 bits per heavy atom. The van der Waals surface area contributed by atoms with Crippen LogP contribution in [-0.4, -0.2) is 25.5 Å². The minimum atomic E-state index is -0.283. The molecule has 1 fully saturated rings. The Morgan fingerprint density at radius 1 is 1.28 bits per heavy atom. The summed E-state index contributed by atoms with van der Waals surface area (Å²) < 4.78 is 16.6. The van der Waals surface area contributed by atoms with Gasteiger partial charge in [0.1, 0.15) is 5.75 Å². The summed E-state index contributed by atoms with van der Waals surface area (Å²) in [4.78, 5) is 11.8. The molecular weight excluding hydrogens is 316 g/mol. The molecule has 0 bridgehead atoms. The smallest absolute Gasteiger partial charge is 0.333 e. The summed E-state index contributed by atoms with van der Waals surface area (Å²) in [7, 11) is 0. The highest BCUT2D eigenvalue weighted by Gasteiger charge is 2.15. The van der Waals surface area contributed by atoms with Gasteiger partial charge in [-0.05, 0) is 61.2 Å². The Hall–Kier alpha value is -2.33. The van der Waals surface area contributed by atoms with Crippen molar-refractivity contribution in [2.24, 2.45) is 0 Å². The first-order chi connectivity index (χ1) is 12.2. The van der Waals surface area contributed by atoms with Gasteiger partial charge in [-0.15, -0.1) is 0 Å². The summed E-state index contributed by atoms with van der Waals surface area (Å²) in [5.41, 5.74) is 1.58. The van der Waals surface area contributed by atoms with E-state index < -0.39 is 0 Å². The van der Waals surface area contributed by atoms with Crippen LogP contribution in [0.15, 0.2) is 42.0 Å². The molecule has 1 heterocycles. The molecule has 1 atom stereocenters. The summed E-state index contributed by atoms with van der Waals surface area (Å²) in [5, 5.41) is 2.14. The molecule has 0 spiro atoms. The van der Waals surface area contributed by atoms with Crippen LogP contribution in [0.5, 0.6) is 5.75 Å². The number of esters is 1. The molecule has 1 aliphatic heterocycles. The fraction of sp³-hybridized carbons (Fsp3) is 0.381. The van der Waals surface area contributed by atoms with E-state index in [2.05, 4.69) is 0 Å². The first-order valence-electron chi connectivity index (χ1n) is 8.84. The molecule has 2 aromatic rings. The minimum absolute atomic E-state index is 0.152. The molecule has 0 radical (unpaired) electrons. The molecular formula is C21H24O4. The topological polar surface area (TPSA) is 44.8 Å². The van der Waals surface area contributed by atoms with E-state index in [-0.39, 0.29) is 12.3 Å². The molecule has 25 heavy (non-hydrogen) atoms. The predicted molar refractivity (Wildman–Crippen MR) is 98.5 cm³/mol. The van der Waals surface area contributed by atoms with Crippen molar-refractivity contribution in [1.29, 1.82) is 0 Å². The summed E-state index contributed by atoms with van der Waals surface area (Å²) in [6.07, 6.45) is 4.89. The first kappa shape index (κ1) is 17.5. The third-order valence-electron chi connectivity index (χ3n) is 4.26. The van der Waals surface area contributed by atoms with Gasteiger partial charge >= 0.3 is 5.97 Å². The monoisotopic (exact) mass is 340 g/mol. The van der Waals surface area contributed by atoms with Crippen molar-refractivity contribution in [3.63, 3.8) is 0 Å². The second-order valence-electron chi connectivity index (χ2n) is 6.19. The first-order valence-corrected chi connectivity index (χ1v) is 8.84. The lowest BCUT2D eigenvalue weighted by atomic mass is 10.0. The zero-order valence-corrected chi connectivity index (χ0v) is 14.8. The van der Waals surface area contributed by atoms with E-state index in [1.54, 1.807) is 13.8 Å². The summed E-state index contributed by atoms with van der Waals surface area (Å²) in [6, 6.07) is 12.0. The van der Waals surface area contributed by atoms with Crippen LogP contribution in [0.3, 0.4) is 0 Å². The maximum Gasteiger partial charge on any atom is 0.333 e. The highest BCUT2D eigenvalue weighted by atomic mass is 16.7. The molecule has 1 aliphatic rings. The van der Waals surface area contributed by atoms with E-state index in [0.29, 0.717) is 12.2 Å². The van der Waals surface area contributed by atoms with Crippen molar-refractivity contribution in [1.82, 2.24) is 0 Å². The van der Waals surface area contributed by atoms with Crippen LogP contribution in [0.4, 0.5) is 0 Å². The lowest BCUT2D eigenvalue weighted by Gasteiger charge is -2.23. The van der Waals surface area contributed by atoms with Gasteiger partial charge < -0.3 is 14.2 Å². The molecule has 0 saturated carbocycles. The third kappa shape index (κ3) is 4.40. The van der Waals surface area contributed by atoms with Crippen LogP contribution in [0.1, 0.15) is 38.7 Å². The van der Waals surface area contributed by atoms with Crippen molar-refractivity contribution < 1.29 is 19.0 Å². The van der Waals surface area contributed by atoms with Crippen LogP contribution in [0, 0.1) is 0 Å². The summed E-state index contributed by atoms with van der Waals surface area (Å²) in [5.74, 6) is 0.525. The molecule has 3 rings (SSSR count). The number of benzene rings is 2. The lowest BCUT2D eigenvalue weighted by molar-refractivity contribution is -0.138. The number of ether oxygens (including phenoxy) is 3. The Bertz CT molecular complexity index is 773. The van der Waals surface area contributed by atoms with Crippen molar-refractivity contribution >= 4 is 22.8 Å². The Labute approximate surface area is 148 Å². The van der Waals surface area contributed by atoms with E-state index in [4.69, 9.17) is 14.2 Å². The lowest BCUT2D eigenvalue weighted by Crippen LogP contribution is -2.24. The SMILES string of the molecule is CCOC(=O)/C(C)=C/c1cccc2cc(OC3CCCCO3)ccc12. The maximum atomic E-state index is 11.8. The van der Waals surface area contributed by atoms with Crippen molar-refractivity contribution in [3.05, 3.63) is 47.5 Å². The zero-order valence-electron chi connectivity index (χ0n) is 14.8. The van der Waals surface area contributed by atoms with Gasteiger partial charge in [0.25, 0.3) is 0 Å². The van der Waals surface area contributed by atoms with Gasteiger partial charge in [-0.2, -0.15) is 0 Å². The average molecular weight is 340 g/mol. The fourth-order valence-electron chi connectivity index (χ4n) is 2.98. The second kappa shape index (κ2) is 8.17. The number of carbonyl (C=O) groups excluding carboxylic acids is 1. The minimum Gasteiger partial charge on any atom is -0.465 e. The van der Waals surface area contributed by atoms with Gasteiger partial charge in [-0.25, -0.2) is 4.79 Å². The fourth-order valence-corrected chi connectivity index (χ4v) is 2.98. The van der Waals surface area contributed by atoms with Gasteiger partial charge in [0.2, 0.25) is 0 Å². The number of carbonyl (C=O) groups is 1. The maximum absolute atomic E-state index is 11.8. The molecule has 0 amide bonds. The summed E-state index contributed by atoms with van der Waals surface area (Å²) in [6.45, 7) is 4.72. The molecule has 1 saturated heterocycles. The number of hydrogen-bond acceptors (Lipinski definition) is 4. The van der Waals surface area contributed by atoms with Crippen LogP contribution in [-0.2, 0) is 14.3 Å². The van der Waals surface area contributed by atoms with Gasteiger partial charge in [-0.1, -0.05) is 24.3 Å². The quantitative estimate of drug-likeness (QED) is 0.584. The highest BCUT2D eigenvalue weighted by molar-refractivity contribution is 5.98. The van der Waals surface area contributed by atoms with Gasteiger partial charge in [0.05, 0.1) is 13.2 Å². The average Bonchev–Trinajstić information content (AvgIpc) is 2.63. The van der Waals surface area contributed by atoms with Crippen LogP contribution < -0.4 is 4.74 Å². The standard InChI is InChI=1S/C21H24O4/c1-3-23-21(22)15(2)13-16-7-6-8-17-14-18(10-11-19(16)17)25-20-9-4-5-12-24-20/h6-8,10-11,13-14,20H,3-5,9,12H2,1-2H3/b15-13+. The van der Waals surface area contributed by atoms with E-state index in [0.717, 1.165) is 48.0 Å². The third-order valence-corrected chi connectivity index (χ3v) is 4.26. The molecule has 4 heteroatoms. The molecule has 1 unspecified atom stereocenters. The number of hydrogen-bond donors (Lipinski definition) is 0. The molecule has 2 aromatic carbocycles. The van der Waals surface area contributed by atoms with Crippen LogP contribution in [0.2, 0.25) is 0 Å². The highest BCUT2D eigenvalue weighted by Crippen LogP contribution is 2.27. The van der Waals surface area contributed by atoms with Crippen molar-refractivity contribution in [2.75, 3.05) is 13.2 Å². The molecule has 0 aromatic heterocycles. The van der Waals surface area contributed by atoms with Gasteiger partial charge in [0, 0.05) is 12.0 Å². The van der Waals surface area contributed by atoms with Crippen LogP contribution >= 0.6 is 0 Å². The van der Waals surface area contributed by atoms with E-state index in [9.17, 15) is 4.79 Å². The van der Waals surface area contributed by atoms with E-state index in [1.165, 1.54) is 0 Å². The number of fused-ring (bicyclic) bond motifs is 1. The van der Waals surface area contributed by atoms with Gasteiger partial charge in [0.15, 0.2) is 6.29 Å². The Kier molecular flexibility index (Phi) is 5.71. The van der Waals surface area contributed by atoms with Crippen molar-refractivity contribution in [3.8, 4) is 5.75 Å². The predicted octanol–water partition coefficient (Wildman–Crippen LogP) is 4.71. The largest absolute Gasteiger partial charge is 0.465 e. The molecule has 0 aliphatic carbocycles. The molecule has 132 valence electrons. The van der Waals surface area contributed by atoms with E-state index >= 15 is 0 Å². The van der Waals surface area contributed by atoms with Crippen molar-refractivity contribution in [2.45, 2.75) is 39.4 Å². The Balaban J connectivity index is 1.84. The van der Waals surface area contributed by atoms with E-state index in [1.807, 2.05) is 42.5 Å². The molecule has 0 N–H and O–H groups in total. The van der Waals surface area contributed by atoms with Crippen LogP contribution in [0.25, 0.3) is 16.8 Å². The second-order valence-corrected chi connectivity index (χ2v) is 6.19. The summed E-state index contributed by atoms with van der Waals surface area (Å²) >= 11 is 0. The zero-order chi connectivity index (χ0) is 17.6. The normalized spacial score (nSPS) is 18.2.